The Morgan fingerprint density at radius 2 is 1.82 bits per heavy atom. The van der Waals surface area contributed by atoms with E-state index in [1.165, 1.54) is 0 Å². The van der Waals surface area contributed by atoms with E-state index < -0.39 is 33.6 Å². The molecule has 1 aromatic rings. The topological polar surface area (TPSA) is 57.6 Å². The van der Waals surface area contributed by atoms with E-state index in [2.05, 4.69) is 0 Å². The normalized spacial score (nSPS) is 19.2. The minimum Gasteiger partial charge on any atom is -0.387 e. The van der Waals surface area contributed by atoms with Crippen LogP contribution in [0.5, 0.6) is 0 Å². The van der Waals surface area contributed by atoms with Crippen molar-refractivity contribution in [2.24, 2.45) is 0 Å². The summed E-state index contributed by atoms with van der Waals surface area (Å²) in [6.45, 7) is 0.275. The number of sulfonamides is 1. The fourth-order valence-electron chi connectivity index (χ4n) is 2.15. The van der Waals surface area contributed by atoms with Crippen LogP contribution in [-0.2, 0) is 10.0 Å². The highest BCUT2D eigenvalue weighted by Crippen LogP contribution is 2.36. The molecule has 0 bridgehead atoms. The van der Waals surface area contributed by atoms with E-state index in [9.17, 15) is 26.7 Å². The molecule has 1 N–H and O–H groups in total. The summed E-state index contributed by atoms with van der Waals surface area (Å²) >= 11 is 0. The van der Waals surface area contributed by atoms with Gasteiger partial charge in [-0.25, -0.2) is 8.42 Å². The summed E-state index contributed by atoms with van der Waals surface area (Å²) in [6, 6.07) is 7.84. The van der Waals surface area contributed by atoms with Crippen LogP contribution in [0.25, 0.3) is 0 Å². The van der Waals surface area contributed by atoms with Crippen LogP contribution < -0.4 is 0 Å². The van der Waals surface area contributed by atoms with Crippen LogP contribution in [0.4, 0.5) is 13.2 Å². The average molecular weight is 337 g/mol. The van der Waals surface area contributed by atoms with Gasteiger partial charge in [0.15, 0.2) is 5.25 Å². The molecule has 1 fully saturated rings. The molecule has 2 rings (SSSR count). The minimum absolute atomic E-state index is 0.364. The third-order valence-electron chi connectivity index (χ3n) is 3.73. The number of aliphatic hydroxyl groups is 1. The predicted octanol–water partition coefficient (Wildman–Crippen LogP) is 2.47. The van der Waals surface area contributed by atoms with Gasteiger partial charge in [0.1, 0.15) is 0 Å². The van der Waals surface area contributed by atoms with E-state index in [1.54, 1.807) is 30.3 Å². The summed E-state index contributed by atoms with van der Waals surface area (Å²) in [5, 5.41) is 7.65. The van der Waals surface area contributed by atoms with Gasteiger partial charge in [0, 0.05) is 12.6 Å². The van der Waals surface area contributed by atoms with Crippen LogP contribution in [0.1, 0.15) is 31.4 Å². The van der Waals surface area contributed by atoms with Crippen molar-refractivity contribution in [3.63, 3.8) is 0 Å². The lowest BCUT2D eigenvalue weighted by molar-refractivity contribution is -0.127. The van der Waals surface area contributed by atoms with Crippen molar-refractivity contribution >= 4 is 10.0 Å². The largest absolute Gasteiger partial charge is 0.406 e. The smallest absolute Gasteiger partial charge is 0.387 e. The van der Waals surface area contributed by atoms with Gasteiger partial charge in [-0.05, 0) is 25.3 Å². The fourth-order valence-corrected chi connectivity index (χ4v) is 3.87. The second-order valence-electron chi connectivity index (χ2n) is 5.46. The molecule has 0 unspecified atom stereocenters. The quantitative estimate of drug-likeness (QED) is 0.867. The standard InChI is InChI=1S/C14H18F3NO3S/c1-10(14(15,16)17)22(20,21)18(12-7-8-12)9-13(19)11-5-3-2-4-6-11/h2-6,10,12-13,19H,7-9H2,1H3/t10-,13+/m0/s1. The van der Waals surface area contributed by atoms with Crippen LogP contribution in [-0.4, -0.2) is 41.8 Å². The maximum atomic E-state index is 12.8. The van der Waals surface area contributed by atoms with Crippen molar-refractivity contribution in [2.75, 3.05) is 6.54 Å². The van der Waals surface area contributed by atoms with E-state index in [-0.39, 0.29) is 6.54 Å². The van der Waals surface area contributed by atoms with Crippen molar-refractivity contribution in [3.8, 4) is 0 Å². The lowest BCUT2D eigenvalue weighted by atomic mass is 10.1. The molecule has 8 heteroatoms. The summed E-state index contributed by atoms with van der Waals surface area (Å²) < 4.78 is 63.6. The van der Waals surface area contributed by atoms with Gasteiger partial charge in [0.2, 0.25) is 10.0 Å². The molecule has 0 heterocycles. The Morgan fingerprint density at radius 3 is 2.27 bits per heavy atom. The van der Waals surface area contributed by atoms with Gasteiger partial charge >= 0.3 is 6.18 Å². The van der Waals surface area contributed by atoms with Gasteiger partial charge in [0.25, 0.3) is 0 Å². The minimum atomic E-state index is -4.83. The number of aliphatic hydroxyl groups excluding tert-OH is 1. The molecule has 0 aliphatic heterocycles. The maximum Gasteiger partial charge on any atom is 0.406 e. The van der Waals surface area contributed by atoms with Crippen LogP contribution >= 0.6 is 0 Å². The molecule has 1 saturated carbocycles. The molecule has 0 saturated heterocycles. The molecular formula is C14H18F3NO3S. The van der Waals surface area contributed by atoms with Crippen molar-refractivity contribution < 1.29 is 26.7 Å². The highest BCUT2D eigenvalue weighted by Gasteiger charge is 2.51. The molecule has 0 spiro atoms. The third-order valence-corrected chi connectivity index (χ3v) is 5.99. The van der Waals surface area contributed by atoms with Gasteiger partial charge in [-0.3, -0.25) is 0 Å². The highest BCUT2D eigenvalue weighted by molar-refractivity contribution is 7.89. The number of nitrogens with zero attached hydrogens (tertiary/aromatic N) is 1. The molecule has 2 atom stereocenters. The number of benzene rings is 1. The van der Waals surface area contributed by atoms with Crippen LogP contribution in [0.3, 0.4) is 0 Å². The maximum absolute atomic E-state index is 12.8. The third kappa shape index (κ3) is 3.80. The molecule has 0 aromatic heterocycles. The lowest BCUT2D eigenvalue weighted by Gasteiger charge is -2.28. The Hall–Kier alpha value is -1.12. The Labute approximate surface area is 127 Å². The first-order chi connectivity index (χ1) is 10.1. The van der Waals surface area contributed by atoms with E-state index in [0.717, 1.165) is 4.31 Å². The van der Waals surface area contributed by atoms with Crippen molar-refractivity contribution in [3.05, 3.63) is 35.9 Å². The van der Waals surface area contributed by atoms with Gasteiger partial charge in [0.05, 0.1) is 6.10 Å². The Bertz CT molecular complexity index is 600. The number of halogens is 3. The summed E-state index contributed by atoms with van der Waals surface area (Å²) in [4.78, 5) is 0. The first-order valence-corrected chi connectivity index (χ1v) is 8.44. The van der Waals surface area contributed by atoms with E-state index in [0.29, 0.717) is 25.3 Å². The van der Waals surface area contributed by atoms with Gasteiger partial charge < -0.3 is 5.11 Å². The molecule has 0 radical (unpaired) electrons. The molecule has 22 heavy (non-hydrogen) atoms. The van der Waals surface area contributed by atoms with Crippen molar-refractivity contribution in [1.29, 1.82) is 0 Å². The number of alkyl halides is 3. The first-order valence-electron chi connectivity index (χ1n) is 6.94. The Morgan fingerprint density at radius 1 is 1.27 bits per heavy atom. The number of rotatable bonds is 6. The zero-order valence-corrected chi connectivity index (χ0v) is 12.8. The number of hydrogen-bond donors (Lipinski definition) is 1. The van der Waals surface area contributed by atoms with Gasteiger partial charge in [-0.1, -0.05) is 30.3 Å². The van der Waals surface area contributed by atoms with Gasteiger partial charge in [-0.15, -0.1) is 0 Å². The summed E-state index contributed by atoms with van der Waals surface area (Å²) in [6.07, 6.45) is -4.95. The predicted molar refractivity (Wildman–Crippen MR) is 75.6 cm³/mol. The lowest BCUT2D eigenvalue weighted by Crippen LogP contribution is -2.46. The molecular weight excluding hydrogens is 319 g/mol. The Balaban J connectivity index is 2.20. The van der Waals surface area contributed by atoms with E-state index >= 15 is 0 Å². The van der Waals surface area contributed by atoms with Crippen molar-refractivity contribution in [1.82, 2.24) is 4.31 Å². The first kappa shape index (κ1) is 17.2. The fraction of sp³-hybridized carbons (Fsp3) is 0.571. The molecule has 124 valence electrons. The summed E-state index contributed by atoms with van der Waals surface area (Å²) in [7, 11) is -4.55. The zero-order chi connectivity index (χ0) is 16.5. The molecule has 4 nitrogen and oxygen atoms in total. The second kappa shape index (κ2) is 6.17. The molecule has 0 amide bonds. The summed E-state index contributed by atoms with van der Waals surface area (Å²) in [5.74, 6) is 0. The van der Waals surface area contributed by atoms with Crippen molar-refractivity contribution in [2.45, 2.75) is 43.3 Å². The SMILES string of the molecule is C[C@@H](C(F)(F)F)S(=O)(=O)N(C[C@@H](O)c1ccccc1)C1CC1. The molecule has 1 aromatic carbocycles. The van der Waals surface area contributed by atoms with Crippen LogP contribution in [0, 0.1) is 0 Å². The monoisotopic (exact) mass is 337 g/mol. The molecule has 1 aliphatic carbocycles. The zero-order valence-electron chi connectivity index (χ0n) is 12.0. The number of hydrogen-bond acceptors (Lipinski definition) is 3. The highest BCUT2D eigenvalue weighted by atomic mass is 32.2. The van der Waals surface area contributed by atoms with Gasteiger partial charge in [-0.2, -0.15) is 17.5 Å². The van der Waals surface area contributed by atoms with E-state index in [1.807, 2.05) is 0 Å². The second-order valence-corrected chi connectivity index (χ2v) is 7.66. The molecule has 1 aliphatic rings. The average Bonchev–Trinajstić information content (AvgIpc) is 3.27. The van der Waals surface area contributed by atoms with Crippen LogP contribution in [0.15, 0.2) is 30.3 Å². The van der Waals surface area contributed by atoms with E-state index in [4.69, 9.17) is 0 Å². The van der Waals surface area contributed by atoms with Crippen LogP contribution in [0.2, 0.25) is 0 Å². The summed E-state index contributed by atoms with van der Waals surface area (Å²) in [5.41, 5.74) is 0.475. The Kier molecular flexibility index (Phi) is 4.84.